The Hall–Kier alpha value is -1.03. The molecule has 82 valence electrons. The molecule has 2 aliphatic rings. The molecule has 1 fully saturated rings. The highest BCUT2D eigenvalue weighted by atomic mass is 16.4. The molecular weight excluding hydrogens is 190 g/mol. The molecule has 3 rings (SSSR count). The number of oxazole rings is 1. The average Bonchev–Trinajstić information content (AvgIpc) is 2.91. The van der Waals surface area contributed by atoms with Gasteiger partial charge in [0.1, 0.15) is 5.76 Å². The Morgan fingerprint density at radius 3 is 3.27 bits per heavy atom. The molecule has 0 amide bonds. The summed E-state index contributed by atoms with van der Waals surface area (Å²) < 4.78 is 5.64. The highest BCUT2D eigenvalue weighted by Gasteiger charge is 2.19. The highest BCUT2D eigenvalue weighted by Crippen LogP contribution is 2.24. The Kier molecular flexibility index (Phi) is 2.37. The summed E-state index contributed by atoms with van der Waals surface area (Å²) in [6.07, 6.45) is 4.61. The van der Waals surface area contributed by atoms with E-state index in [0.29, 0.717) is 0 Å². The quantitative estimate of drug-likeness (QED) is 0.781. The molecule has 1 saturated heterocycles. The number of aromatic nitrogens is 1. The summed E-state index contributed by atoms with van der Waals surface area (Å²) in [7, 11) is 0. The molecule has 0 aromatic carbocycles. The topological polar surface area (TPSA) is 50.1 Å². The molecule has 0 saturated carbocycles. The lowest BCUT2D eigenvalue weighted by atomic mass is 10.1. The van der Waals surface area contributed by atoms with Crippen molar-refractivity contribution in [2.24, 2.45) is 5.92 Å². The number of fused-ring (bicyclic) bond motifs is 1. The molecule has 2 heterocycles. The number of nitrogens with zero attached hydrogens (tertiary/aromatic N) is 1. The Bertz CT molecular complexity index is 320. The lowest BCUT2D eigenvalue weighted by Crippen LogP contribution is -2.17. The van der Waals surface area contributed by atoms with Crippen LogP contribution in [0.5, 0.6) is 0 Å². The van der Waals surface area contributed by atoms with Crippen LogP contribution >= 0.6 is 0 Å². The molecule has 4 nitrogen and oxygen atoms in total. The standard InChI is InChI=1S/C11H17N3O/c1-2-9-10(3-1)15-11(14-9)13-7-8-4-5-12-6-8/h8,12H,1-7H2,(H,13,14). The van der Waals surface area contributed by atoms with Gasteiger partial charge in [-0.3, -0.25) is 0 Å². The van der Waals surface area contributed by atoms with Gasteiger partial charge in [0.25, 0.3) is 6.01 Å². The number of hydrogen-bond donors (Lipinski definition) is 2. The third-order valence-electron chi connectivity index (χ3n) is 3.30. The zero-order chi connectivity index (χ0) is 10.1. The minimum absolute atomic E-state index is 0.728. The van der Waals surface area contributed by atoms with E-state index in [1.165, 1.54) is 18.5 Å². The van der Waals surface area contributed by atoms with Crippen LogP contribution in [0.2, 0.25) is 0 Å². The first-order valence-corrected chi connectivity index (χ1v) is 5.85. The first-order valence-electron chi connectivity index (χ1n) is 5.85. The van der Waals surface area contributed by atoms with Crippen molar-refractivity contribution in [1.82, 2.24) is 10.3 Å². The van der Waals surface area contributed by atoms with Gasteiger partial charge in [0.05, 0.1) is 5.69 Å². The van der Waals surface area contributed by atoms with Crippen molar-refractivity contribution < 1.29 is 4.42 Å². The second kappa shape index (κ2) is 3.85. The fourth-order valence-corrected chi connectivity index (χ4v) is 2.39. The largest absolute Gasteiger partial charge is 0.428 e. The number of aryl methyl sites for hydroxylation is 2. The van der Waals surface area contributed by atoms with Crippen molar-refractivity contribution in [2.45, 2.75) is 25.7 Å². The van der Waals surface area contributed by atoms with E-state index in [-0.39, 0.29) is 0 Å². The van der Waals surface area contributed by atoms with Crippen molar-refractivity contribution in [3.8, 4) is 0 Å². The van der Waals surface area contributed by atoms with Gasteiger partial charge >= 0.3 is 0 Å². The van der Waals surface area contributed by atoms with Crippen LogP contribution < -0.4 is 10.6 Å². The molecule has 15 heavy (non-hydrogen) atoms. The summed E-state index contributed by atoms with van der Waals surface area (Å²) in [6.45, 7) is 3.24. The molecule has 0 radical (unpaired) electrons. The maximum atomic E-state index is 5.64. The number of anilines is 1. The van der Waals surface area contributed by atoms with E-state index in [4.69, 9.17) is 4.42 Å². The van der Waals surface area contributed by atoms with E-state index >= 15 is 0 Å². The van der Waals surface area contributed by atoms with Gasteiger partial charge in [-0.25, -0.2) is 0 Å². The maximum absolute atomic E-state index is 5.64. The lowest BCUT2D eigenvalue weighted by Gasteiger charge is -2.07. The highest BCUT2D eigenvalue weighted by molar-refractivity contribution is 5.28. The molecule has 1 aromatic rings. The Labute approximate surface area is 89.5 Å². The molecule has 2 N–H and O–H groups in total. The summed E-state index contributed by atoms with van der Waals surface area (Å²) >= 11 is 0. The van der Waals surface area contributed by atoms with Crippen LogP contribution in [0.25, 0.3) is 0 Å². The average molecular weight is 207 g/mol. The van der Waals surface area contributed by atoms with Crippen molar-refractivity contribution >= 4 is 6.01 Å². The van der Waals surface area contributed by atoms with E-state index in [9.17, 15) is 0 Å². The van der Waals surface area contributed by atoms with E-state index in [2.05, 4.69) is 15.6 Å². The van der Waals surface area contributed by atoms with Gasteiger partial charge < -0.3 is 15.1 Å². The van der Waals surface area contributed by atoms with Gasteiger partial charge in [-0.05, 0) is 38.3 Å². The van der Waals surface area contributed by atoms with Crippen molar-refractivity contribution in [3.63, 3.8) is 0 Å². The second-order valence-corrected chi connectivity index (χ2v) is 4.48. The van der Waals surface area contributed by atoms with Gasteiger partial charge in [0, 0.05) is 13.0 Å². The molecule has 4 heteroatoms. The monoisotopic (exact) mass is 207 g/mol. The van der Waals surface area contributed by atoms with Crippen molar-refractivity contribution in [3.05, 3.63) is 11.5 Å². The van der Waals surface area contributed by atoms with Crippen LogP contribution in [-0.2, 0) is 12.8 Å². The zero-order valence-electron chi connectivity index (χ0n) is 8.88. The first kappa shape index (κ1) is 9.21. The van der Waals surface area contributed by atoms with Crippen LogP contribution in [0.15, 0.2) is 4.42 Å². The molecule has 0 bridgehead atoms. The molecule has 1 aromatic heterocycles. The van der Waals surface area contributed by atoms with Crippen LogP contribution in [-0.4, -0.2) is 24.6 Å². The smallest absolute Gasteiger partial charge is 0.295 e. The predicted octanol–water partition coefficient (Wildman–Crippen LogP) is 1.18. The summed E-state index contributed by atoms with van der Waals surface area (Å²) in [5, 5.41) is 6.65. The minimum atomic E-state index is 0.728. The number of hydrogen-bond acceptors (Lipinski definition) is 4. The van der Waals surface area contributed by atoms with Gasteiger partial charge in [-0.2, -0.15) is 4.98 Å². The molecule has 1 atom stereocenters. The van der Waals surface area contributed by atoms with E-state index in [1.807, 2.05) is 0 Å². The summed E-state index contributed by atoms with van der Waals surface area (Å²) in [6, 6.07) is 0.728. The number of nitrogens with one attached hydrogen (secondary N) is 2. The first-order chi connectivity index (χ1) is 7.42. The Morgan fingerprint density at radius 2 is 2.47 bits per heavy atom. The van der Waals surface area contributed by atoms with Crippen LogP contribution in [0, 0.1) is 5.92 Å². The summed E-state index contributed by atoms with van der Waals surface area (Å²) in [5.41, 5.74) is 1.17. The molecule has 1 aliphatic heterocycles. The molecule has 0 spiro atoms. The Balaban J connectivity index is 1.57. The van der Waals surface area contributed by atoms with E-state index in [1.54, 1.807) is 0 Å². The van der Waals surface area contributed by atoms with Crippen LogP contribution in [0.3, 0.4) is 0 Å². The van der Waals surface area contributed by atoms with E-state index in [0.717, 1.165) is 50.2 Å². The van der Waals surface area contributed by atoms with Gasteiger partial charge in [0.15, 0.2) is 0 Å². The normalized spacial score (nSPS) is 24.4. The molecule has 1 unspecified atom stereocenters. The fraction of sp³-hybridized carbons (Fsp3) is 0.727. The maximum Gasteiger partial charge on any atom is 0.295 e. The third-order valence-corrected chi connectivity index (χ3v) is 3.30. The second-order valence-electron chi connectivity index (χ2n) is 4.48. The van der Waals surface area contributed by atoms with Gasteiger partial charge in [-0.1, -0.05) is 0 Å². The third kappa shape index (κ3) is 1.86. The molecule has 1 aliphatic carbocycles. The van der Waals surface area contributed by atoms with Crippen molar-refractivity contribution in [1.29, 1.82) is 0 Å². The summed E-state index contributed by atoms with van der Waals surface area (Å²) in [4.78, 5) is 4.45. The zero-order valence-corrected chi connectivity index (χ0v) is 8.88. The Morgan fingerprint density at radius 1 is 1.47 bits per heavy atom. The molecular formula is C11H17N3O. The van der Waals surface area contributed by atoms with Gasteiger partial charge in [0.2, 0.25) is 0 Å². The van der Waals surface area contributed by atoms with Crippen LogP contribution in [0.1, 0.15) is 24.3 Å². The lowest BCUT2D eigenvalue weighted by molar-refractivity contribution is 0.511. The predicted molar refractivity (Wildman–Crippen MR) is 58.0 cm³/mol. The SMILES string of the molecule is C1Cc2nc(NCC3CCNC3)oc2C1. The number of rotatable bonds is 3. The minimum Gasteiger partial charge on any atom is -0.428 e. The summed E-state index contributed by atoms with van der Waals surface area (Å²) in [5.74, 6) is 1.83. The van der Waals surface area contributed by atoms with E-state index < -0.39 is 0 Å². The van der Waals surface area contributed by atoms with Crippen molar-refractivity contribution in [2.75, 3.05) is 25.0 Å². The fourth-order valence-electron chi connectivity index (χ4n) is 2.39. The van der Waals surface area contributed by atoms with Gasteiger partial charge in [-0.15, -0.1) is 0 Å². The van der Waals surface area contributed by atoms with Crippen LogP contribution in [0.4, 0.5) is 6.01 Å².